The summed E-state index contributed by atoms with van der Waals surface area (Å²) in [5.41, 5.74) is 0. The van der Waals surface area contributed by atoms with Crippen LogP contribution < -0.4 is 4.72 Å². The summed E-state index contributed by atoms with van der Waals surface area (Å²) in [4.78, 5) is 7.14. The molecule has 2 unspecified atom stereocenters. The fourth-order valence-electron chi connectivity index (χ4n) is 1.33. The molecule has 2 atom stereocenters. The minimum atomic E-state index is -3.67. The summed E-state index contributed by atoms with van der Waals surface area (Å²) in [6.07, 6.45) is 2.02. The zero-order chi connectivity index (χ0) is 13.1. The number of rotatable bonds is 5. The predicted octanol–water partition coefficient (Wildman–Crippen LogP) is 0.568. The molecule has 1 aromatic rings. The number of aliphatic hydroxyl groups excluding tert-OH is 1. The Kier molecular flexibility index (Phi) is 4.81. The average molecular weight is 280 g/mol. The minimum absolute atomic E-state index is 0.0130. The van der Waals surface area contributed by atoms with Gasteiger partial charge in [0.25, 0.3) is 0 Å². The summed E-state index contributed by atoms with van der Waals surface area (Å²) < 4.78 is 26.1. The summed E-state index contributed by atoms with van der Waals surface area (Å²) >= 11 is 5.47. The third-order valence-electron chi connectivity index (χ3n) is 1.96. The minimum Gasteiger partial charge on any atom is -0.393 e. The van der Waals surface area contributed by atoms with E-state index >= 15 is 0 Å². The molecule has 17 heavy (non-hydrogen) atoms. The molecule has 0 saturated heterocycles. The van der Waals surface area contributed by atoms with Crippen LogP contribution >= 0.6 is 11.6 Å². The molecule has 0 amide bonds. The fourth-order valence-corrected chi connectivity index (χ4v) is 2.57. The third kappa shape index (κ3) is 4.55. The summed E-state index contributed by atoms with van der Waals surface area (Å²) in [6.45, 7) is 3.26. The Morgan fingerprint density at radius 3 is 2.41 bits per heavy atom. The highest BCUT2D eigenvalue weighted by molar-refractivity contribution is 7.89. The molecule has 6 nitrogen and oxygen atoms in total. The molecule has 1 heterocycles. The molecule has 0 aliphatic heterocycles. The summed E-state index contributed by atoms with van der Waals surface area (Å²) in [5.74, 6) is 0. The Hall–Kier alpha value is -0.760. The van der Waals surface area contributed by atoms with Gasteiger partial charge in [-0.05, 0) is 31.9 Å². The van der Waals surface area contributed by atoms with Crippen LogP contribution in [0.2, 0.25) is 5.28 Å². The van der Waals surface area contributed by atoms with E-state index in [1.165, 1.54) is 0 Å². The van der Waals surface area contributed by atoms with Crippen LogP contribution in [0.5, 0.6) is 0 Å². The first-order valence-corrected chi connectivity index (χ1v) is 6.85. The van der Waals surface area contributed by atoms with Gasteiger partial charge in [-0.25, -0.2) is 23.1 Å². The zero-order valence-electron chi connectivity index (χ0n) is 9.46. The number of nitrogens with zero attached hydrogens (tertiary/aromatic N) is 2. The highest BCUT2D eigenvalue weighted by atomic mass is 35.5. The van der Waals surface area contributed by atoms with Gasteiger partial charge in [0.2, 0.25) is 15.3 Å². The maximum atomic E-state index is 11.8. The Labute approximate surface area is 105 Å². The van der Waals surface area contributed by atoms with Crippen molar-refractivity contribution in [3.63, 3.8) is 0 Å². The van der Waals surface area contributed by atoms with Gasteiger partial charge in [0.1, 0.15) is 4.90 Å². The average Bonchev–Trinajstić information content (AvgIpc) is 2.15. The highest BCUT2D eigenvalue weighted by Crippen LogP contribution is 2.09. The lowest BCUT2D eigenvalue weighted by molar-refractivity contribution is 0.175. The number of aromatic nitrogens is 2. The van der Waals surface area contributed by atoms with Gasteiger partial charge in [-0.15, -0.1) is 0 Å². The second-order valence-electron chi connectivity index (χ2n) is 3.79. The number of hydrogen-bond donors (Lipinski definition) is 2. The monoisotopic (exact) mass is 279 g/mol. The topological polar surface area (TPSA) is 92.2 Å². The lowest BCUT2D eigenvalue weighted by Crippen LogP contribution is -2.34. The van der Waals surface area contributed by atoms with Crippen LogP contribution in [0.3, 0.4) is 0 Å². The molecule has 1 rings (SSSR count). The molecular weight excluding hydrogens is 266 g/mol. The second kappa shape index (κ2) is 5.72. The number of aliphatic hydroxyl groups is 1. The van der Waals surface area contributed by atoms with Crippen molar-refractivity contribution in [2.75, 3.05) is 0 Å². The van der Waals surface area contributed by atoms with Crippen molar-refractivity contribution in [3.05, 3.63) is 17.7 Å². The Bertz CT molecular complexity index is 461. The fraction of sp³-hybridized carbons (Fsp3) is 0.556. The van der Waals surface area contributed by atoms with Crippen LogP contribution in [0.1, 0.15) is 20.3 Å². The SMILES string of the molecule is CC(O)CC(C)NS(=O)(=O)c1cnc(Cl)nc1. The van der Waals surface area contributed by atoms with Crippen molar-refractivity contribution in [2.24, 2.45) is 0 Å². The molecule has 0 bridgehead atoms. The van der Waals surface area contributed by atoms with E-state index in [0.717, 1.165) is 12.4 Å². The van der Waals surface area contributed by atoms with Crippen LogP contribution in [0.4, 0.5) is 0 Å². The number of halogens is 1. The largest absolute Gasteiger partial charge is 0.393 e. The van der Waals surface area contributed by atoms with Crippen molar-refractivity contribution >= 4 is 21.6 Å². The standard InChI is InChI=1S/C9H14ClN3O3S/c1-6(3-7(2)14)13-17(15,16)8-4-11-9(10)12-5-8/h4-7,13-14H,3H2,1-2H3. The first kappa shape index (κ1) is 14.3. The van der Waals surface area contributed by atoms with Crippen molar-refractivity contribution in [3.8, 4) is 0 Å². The predicted molar refractivity (Wildman–Crippen MR) is 63.1 cm³/mol. The van der Waals surface area contributed by atoms with Gasteiger partial charge in [-0.1, -0.05) is 0 Å². The Balaban J connectivity index is 2.78. The molecule has 2 N–H and O–H groups in total. The van der Waals surface area contributed by atoms with Gasteiger partial charge in [-0.2, -0.15) is 0 Å². The number of sulfonamides is 1. The van der Waals surface area contributed by atoms with Crippen LogP contribution in [0.25, 0.3) is 0 Å². The van der Waals surface area contributed by atoms with Gasteiger partial charge >= 0.3 is 0 Å². The molecule has 8 heteroatoms. The first-order chi connectivity index (χ1) is 7.81. The molecule has 1 aromatic heterocycles. The van der Waals surface area contributed by atoms with E-state index in [9.17, 15) is 8.42 Å². The Morgan fingerprint density at radius 2 is 1.94 bits per heavy atom. The smallest absolute Gasteiger partial charge is 0.243 e. The van der Waals surface area contributed by atoms with E-state index in [-0.39, 0.29) is 16.2 Å². The molecule has 0 saturated carbocycles. The molecule has 0 aliphatic carbocycles. The van der Waals surface area contributed by atoms with E-state index in [4.69, 9.17) is 16.7 Å². The molecule has 96 valence electrons. The maximum absolute atomic E-state index is 11.8. The van der Waals surface area contributed by atoms with Crippen LogP contribution in [0.15, 0.2) is 17.3 Å². The number of hydrogen-bond acceptors (Lipinski definition) is 5. The van der Waals surface area contributed by atoms with Crippen molar-refractivity contribution in [2.45, 2.75) is 37.3 Å². The second-order valence-corrected chi connectivity index (χ2v) is 5.85. The molecule has 0 aliphatic rings. The lowest BCUT2D eigenvalue weighted by Gasteiger charge is -2.15. The van der Waals surface area contributed by atoms with Crippen LogP contribution in [-0.2, 0) is 10.0 Å². The van der Waals surface area contributed by atoms with E-state index in [1.54, 1.807) is 13.8 Å². The normalized spacial score (nSPS) is 15.5. The quantitative estimate of drug-likeness (QED) is 0.769. The molecule has 0 radical (unpaired) electrons. The van der Waals surface area contributed by atoms with Crippen molar-refractivity contribution in [1.82, 2.24) is 14.7 Å². The van der Waals surface area contributed by atoms with Crippen LogP contribution in [-0.4, -0.2) is 35.6 Å². The van der Waals surface area contributed by atoms with E-state index < -0.39 is 16.1 Å². The van der Waals surface area contributed by atoms with Gasteiger partial charge in [0, 0.05) is 6.04 Å². The summed E-state index contributed by atoms with van der Waals surface area (Å²) in [7, 11) is -3.67. The van der Waals surface area contributed by atoms with E-state index in [2.05, 4.69) is 14.7 Å². The third-order valence-corrected chi connectivity index (χ3v) is 3.70. The molecule has 0 spiro atoms. The number of nitrogens with one attached hydrogen (secondary N) is 1. The summed E-state index contributed by atoms with van der Waals surface area (Å²) in [6, 6.07) is -0.379. The van der Waals surface area contributed by atoms with Crippen LogP contribution in [0, 0.1) is 0 Å². The van der Waals surface area contributed by atoms with Gasteiger partial charge in [0.15, 0.2) is 0 Å². The van der Waals surface area contributed by atoms with Gasteiger partial charge < -0.3 is 5.11 Å². The molecular formula is C9H14ClN3O3S. The molecule has 0 fully saturated rings. The Morgan fingerprint density at radius 1 is 1.41 bits per heavy atom. The van der Waals surface area contributed by atoms with Gasteiger partial charge in [0.05, 0.1) is 18.5 Å². The lowest BCUT2D eigenvalue weighted by atomic mass is 10.2. The zero-order valence-corrected chi connectivity index (χ0v) is 11.0. The van der Waals surface area contributed by atoms with Gasteiger partial charge in [-0.3, -0.25) is 0 Å². The highest BCUT2D eigenvalue weighted by Gasteiger charge is 2.19. The van der Waals surface area contributed by atoms with Crippen molar-refractivity contribution < 1.29 is 13.5 Å². The van der Waals surface area contributed by atoms with E-state index in [0.29, 0.717) is 6.42 Å². The van der Waals surface area contributed by atoms with Crippen molar-refractivity contribution in [1.29, 1.82) is 0 Å². The van der Waals surface area contributed by atoms with E-state index in [1.807, 2.05) is 0 Å². The molecule has 0 aromatic carbocycles. The first-order valence-electron chi connectivity index (χ1n) is 4.99. The maximum Gasteiger partial charge on any atom is 0.243 e. The summed E-state index contributed by atoms with van der Waals surface area (Å²) in [5, 5.41) is 9.14.